The molecule has 2 rings (SSSR count). The van der Waals surface area contributed by atoms with Gasteiger partial charge in [-0.05, 0) is 25.0 Å². The maximum absolute atomic E-state index is 10.6. The second-order valence-corrected chi connectivity index (χ2v) is 4.81. The van der Waals surface area contributed by atoms with Crippen molar-refractivity contribution in [2.24, 2.45) is 0 Å². The Bertz CT molecular complexity index is 329. The minimum absolute atomic E-state index is 0.409. The summed E-state index contributed by atoms with van der Waals surface area (Å²) in [6.07, 6.45) is 3.47. The lowest BCUT2D eigenvalue weighted by molar-refractivity contribution is 0.0820. The molecule has 15 heavy (non-hydrogen) atoms. The summed E-state index contributed by atoms with van der Waals surface area (Å²) in [6, 6.07) is 3.91. The molecule has 82 valence electrons. The second-order valence-electron chi connectivity index (χ2n) is 3.72. The van der Waals surface area contributed by atoms with Crippen LogP contribution >= 0.6 is 11.3 Å². The van der Waals surface area contributed by atoms with Gasteiger partial charge in [0.15, 0.2) is 6.29 Å². The monoisotopic (exact) mass is 225 g/mol. The fraction of sp³-hybridized carbons (Fsp3) is 0.545. The molecule has 1 fully saturated rings. The maximum Gasteiger partial charge on any atom is 0.160 e. The van der Waals surface area contributed by atoms with E-state index in [4.69, 9.17) is 4.74 Å². The molecule has 1 aromatic rings. The Morgan fingerprint density at radius 3 is 2.73 bits per heavy atom. The van der Waals surface area contributed by atoms with Crippen LogP contribution in [0.2, 0.25) is 0 Å². The van der Waals surface area contributed by atoms with E-state index in [2.05, 4.69) is 4.90 Å². The Morgan fingerprint density at radius 2 is 2.20 bits per heavy atom. The van der Waals surface area contributed by atoms with E-state index in [1.165, 1.54) is 5.00 Å². The highest BCUT2D eigenvalue weighted by atomic mass is 32.1. The third kappa shape index (κ3) is 2.38. The van der Waals surface area contributed by atoms with E-state index in [1.54, 1.807) is 18.4 Å². The number of methoxy groups -OCH3 is 1. The lowest BCUT2D eigenvalue weighted by atomic mass is 10.1. The highest BCUT2D eigenvalue weighted by Gasteiger charge is 2.19. The van der Waals surface area contributed by atoms with E-state index in [0.717, 1.165) is 37.1 Å². The number of piperidine rings is 1. The van der Waals surface area contributed by atoms with Crippen molar-refractivity contribution in [3.05, 3.63) is 17.0 Å². The molecule has 2 heterocycles. The Labute approximate surface area is 93.7 Å². The third-order valence-corrected chi connectivity index (χ3v) is 3.89. The zero-order chi connectivity index (χ0) is 10.7. The number of hydrogen-bond donors (Lipinski definition) is 0. The molecule has 0 N–H and O–H groups in total. The average Bonchev–Trinajstić information content (AvgIpc) is 2.78. The van der Waals surface area contributed by atoms with Gasteiger partial charge < -0.3 is 9.64 Å². The zero-order valence-electron chi connectivity index (χ0n) is 8.81. The number of carbonyl (C=O) groups is 1. The number of nitrogens with zero attached hydrogens (tertiary/aromatic N) is 1. The first-order valence-corrected chi connectivity index (χ1v) is 5.98. The normalized spacial score (nSPS) is 18.1. The van der Waals surface area contributed by atoms with Gasteiger partial charge in [-0.15, -0.1) is 11.3 Å². The SMILES string of the molecule is COC1CCN(c2ccc(C=O)s2)CC1. The van der Waals surface area contributed by atoms with E-state index in [9.17, 15) is 4.79 Å². The quantitative estimate of drug-likeness (QED) is 0.738. The minimum atomic E-state index is 0.409. The van der Waals surface area contributed by atoms with Crippen LogP contribution in [0.1, 0.15) is 22.5 Å². The molecule has 3 nitrogen and oxygen atoms in total. The van der Waals surface area contributed by atoms with Gasteiger partial charge in [0, 0.05) is 20.2 Å². The molecule has 0 unspecified atom stereocenters. The summed E-state index contributed by atoms with van der Waals surface area (Å²) < 4.78 is 5.32. The van der Waals surface area contributed by atoms with Gasteiger partial charge in [0.25, 0.3) is 0 Å². The van der Waals surface area contributed by atoms with Gasteiger partial charge in [-0.3, -0.25) is 4.79 Å². The van der Waals surface area contributed by atoms with Crippen molar-refractivity contribution in [1.29, 1.82) is 0 Å². The van der Waals surface area contributed by atoms with E-state index >= 15 is 0 Å². The van der Waals surface area contributed by atoms with Crippen molar-refractivity contribution >= 4 is 22.6 Å². The van der Waals surface area contributed by atoms with Crippen LogP contribution in [-0.4, -0.2) is 32.6 Å². The molecule has 0 amide bonds. The molecule has 1 aliphatic rings. The number of rotatable bonds is 3. The van der Waals surface area contributed by atoms with Crippen LogP contribution in [0.3, 0.4) is 0 Å². The first-order chi connectivity index (χ1) is 7.33. The van der Waals surface area contributed by atoms with E-state index in [-0.39, 0.29) is 0 Å². The number of ether oxygens (including phenoxy) is 1. The summed E-state index contributed by atoms with van der Waals surface area (Å²) in [4.78, 5) is 13.7. The van der Waals surface area contributed by atoms with Gasteiger partial charge in [0.1, 0.15) is 0 Å². The van der Waals surface area contributed by atoms with Crippen molar-refractivity contribution in [2.75, 3.05) is 25.1 Å². The number of aldehydes is 1. The number of carbonyl (C=O) groups excluding carboxylic acids is 1. The molecular formula is C11H15NO2S. The van der Waals surface area contributed by atoms with Crippen molar-refractivity contribution < 1.29 is 9.53 Å². The molecule has 0 aliphatic carbocycles. The summed E-state index contributed by atoms with van der Waals surface area (Å²) >= 11 is 1.57. The molecule has 0 saturated carbocycles. The first kappa shape index (κ1) is 10.6. The van der Waals surface area contributed by atoms with Crippen molar-refractivity contribution in [2.45, 2.75) is 18.9 Å². The predicted octanol–water partition coefficient (Wildman–Crippen LogP) is 2.18. The molecule has 1 aliphatic heterocycles. The molecule has 0 spiro atoms. The predicted molar refractivity (Wildman–Crippen MR) is 62.0 cm³/mol. The topological polar surface area (TPSA) is 29.5 Å². The van der Waals surface area contributed by atoms with Gasteiger partial charge in [0.05, 0.1) is 16.0 Å². The van der Waals surface area contributed by atoms with Crippen LogP contribution in [-0.2, 0) is 4.74 Å². The van der Waals surface area contributed by atoms with Gasteiger partial charge in [-0.1, -0.05) is 0 Å². The van der Waals surface area contributed by atoms with Crippen molar-refractivity contribution in [3.8, 4) is 0 Å². The van der Waals surface area contributed by atoms with Crippen LogP contribution in [0.5, 0.6) is 0 Å². The molecular weight excluding hydrogens is 210 g/mol. The maximum atomic E-state index is 10.6. The average molecular weight is 225 g/mol. The third-order valence-electron chi connectivity index (χ3n) is 2.82. The molecule has 1 aromatic heterocycles. The smallest absolute Gasteiger partial charge is 0.160 e. The van der Waals surface area contributed by atoms with Gasteiger partial charge in [0.2, 0.25) is 0 Å². The highest BCUT2D eigenvalue weighted by Crippen LogP contribution is 2.28. The molecule has 0 atom stereocenters. The van der Waals surface area contributed by atoms with Crippen LogP contribution in [0, 0.1) is 0 Å². The highest BCUT2D eigenvalue weighted by molar-refractivity contribution is 7.17. The molecule has 1 saturated heterocycles. The second kappa shape index (κ2) is 4.77. The van der Waals surface area contributed by atoms with Crippen molar-refractivity contribution in [1.82, 2.24) is 0 Å². The molecule has 0 aromatic carbocycles. The number of thiophene rings is 1. The Balaban J connectivity index is 1.97. The summed E-state index contributed by atoms with van der Waals surface area (Å²) in [6.45, 7) is 2.05. The van der Waals surface area contributed by atoms with E-state index in [0.29, 0.717) is 6.10 Å². The van der Waals surface area contributed by atoms with Crippen LogP contribution < -0.4 is 4.90 Å². The minimum Gasteiger partial charge on any atom is -0.381 e. The fourth-order valence-electron chi connectivity index (χ4n) is 1.89. The lowest BCUT2D eigenvalue weighted by Crippen LogP contribution is -2.36. The van der Waals surface area contributed by atoms with Gasteiger partial charge in [-0.25, -0.2) is 0 Å². The van der Waals surface area contributed by atoms with Gasteiger partial charge in [-0.2, -0.15) is 0 Å². The standard InChI is InChI=1S/C11H15NO2S/c1-14-9-4-6-12(7-5-9)11-3-2-10(8-13)15-11/h2-3,8-9H,4-7H2,1H3. The van der Waals surface area contributed by atoms with Crippen LogP contribution in [0.25, 0.3) is 0 Å². The number of hydrogen-bond acceptors (Lipinski definition) is 4. The summed E-state index contributed by atoms with van der Waals surface area (Å²) in [5.74, 6) is 0. The molecule has 4 heteroatoms. The lowest BCUT2D eigenvalue weighted by Gasteiger charge is -2.31. The largest absolute Gasteiger partial charge is 0.381 e. The summed E-state index contributed by atoms with van der Waals surface area (Å²) in [5, 5.41) is 1.20. The van der Waals surface area contributed by atoms with E-state index < -0.39 is 0 Å². The molecule has 0 bridgehead atoms. The van der Waals surface area contributed by atoms with Crippen LogP contribution in [0.15, 0.2) is 12.1 Å². The Morgan fingerprint density at radius 1 is 1.47 bits per heavy atom. The van der Waals surface area contributed by atoms with E-state index in [1.807, 2.05) is 12.1 Å². The number of anilines is 1. The fourth-order valence-corrected chi connectivity index (χ4v) is 2.76. The van der Waals surface area contributed by atoms with Crippen molar-refractivity contribution in [3.63, 3.8) is 0 Å². The zero-order valence-corrected chi connectivity index (χ0v) is 9.63. The summed E-state index contributed by atoms with van der Waals surface area (Å²) in [5.41, 5.74) is 0. The summed E-state index contributed by atoms with van der Waals surface area (Å²) in [7, 11) is 1.77. The van der Waals surface area contributed by atoms with Gasteiger partial charge >= 0.3 is 0 Å². The first-order valence-electron chi connectivity index (χ1n) is 5.16. The Kier molecular flexibility index (Phi) is 3.38. The molecule has 0 radical (unpaired) electrons. The Hall–Kier alpha value is -0.870. The van der Waals surface area contributed by atoms with Crippen LogP contribution in [0.4, 0.5) is 5.00 Å².